The van der Waals surface area contributed by atoms with Crippen LogP contribution in [-0.4, -0.2) is 42.4 Å². The molecular weight excluding hydrogens is 206 g/mol. The fraction of sp³-hybridized carbons (Fsp3) is 0.636. The second-order valence-corrected chi connectivity index (χ2v) is 4.15. The molecule has 0 spiro atoms. The number of rotatable bonds is 4. The quantitative estimate of drug-likeness (QED) is 0.641. The lowest BCUT2D eigenvalue weighted by atomic mass is 10.0. The van der Waals surface area contributed by atoms with Crippen LogP contribution < -0.4 is 11.1 Å². The minimum atomic E-state index is -0.541. The van der Waals surface area contributed by atoms with E-state index in [4.69, 9.17) is 5.73 Å². The molecule has 1 aliphatic rings. The Morgan fingerprint density at radius 2 is 2.50 bits per heavy atom. The smallest absolute Gasteiger partial charge is 0.237 e. The lowest BCUT2D eigenvalue weighted by molar-refractivity contribution is -0.134. The molecule has 0 aromatic carbocycles. The highest BCUT2D eigenvalue weighted by Gasteiger charge is 2.25. The van der Waals surface area contributed by atoms with Crippen LogP contribution in [-0.2, 0) is 9.59 Å². The third kappa shape index (κ3) is 3.34. The average Bonchev–Trinajstić information content (AvgIpc) is 2.24. The van der Waals surface area contributed by atoms with Gasteiger partial charge >= 0.3 is 0 Å². The number of carbonyl (C=O) groups excluding carboxylic acids is 2. The number of carbonyl (C=O) groups is 2. The van der Waals surface area contributed by atoms with E-state index in [1.807, 2.05) is 0 Å². The number of piperidine rings is 1. The molecule has 1 fully saturated rings. The van der Waals surface area contributed by atoms with Crippen molar-refractivity contribution in [1.82, 2.24) is 10.2 Å². The highest BCUT2D eigenvalue weighted by Crippen LogP contribution is 2.09. The van der Waals surface area contributed by atoms with Crippen LogP contribution in [0.1, 0.15) is 19.3 Å². The molecule has 1 rings (SSSR count). The van der Waals surface area contributed by atoms with E-state index in [0.717, 1.165) is 0 Å². The zero-order valence-corrected chi connectivity index (χ0v) is 9.61. The molecule has 0 radical (unpaired) electrons. The number of nitrogens with zero attached hydrogens (tertiary/aromatic N) is 1. The van der Waals surface area contributed by atoms with Crippen LogP contribution >= 0.6 is 0 Å². The average molecular weight is 225 g/mol. The van der Waals surface area contributed by atoms with E-state index in [9.17, 15) is 9.59 Å². The molecule has 90 valence electrons. The zero-order chi connectivity index (χ0) is 12.1. The molecule has 0 aromatic heterocycles. The van der Waals surface area contributed by atoms with Gasteiger partial charge in [-0.15, -0.1) is 6.58 Å². The summed E-state index contributed by atoms with van der Waals surface area (Å²) in [6.45, 7) is 4.10. The van der Waals surface area contributed by atoms with Gasteiger partial charge in [0, 0.05) is 26.1 Å². The third-order valence-electron chi connectivity index (χ3n) is 2.73. The van der Waals surface area contributed by atoms with Crippen molar-refractivity contribution in [3.05, 3.63) is 12.7 Å². The molecule has 0 saturated carbocycles. The molecular formula is C11H19N3O2. The highest BCUT2D eigenvalue weighted by atomic mass is 16.2. The second-order valence-electron chi connectivity index (χ2n) is 4.15. The molecule has 2 atom stereocenters. The van der Waals surface area contributed by atoms with Gasteiger partial charge in [-0.1, -0.05) is 6.08 Å². The van der Waals surface area contributed by atoms with E-state index < -0.39 is 6.04 Å². The number of amides is 2. The third-order valence-corrected chi connectivity index (χ3v) is 2.73. The van der Waals surface area contributed by atoms with Gasteiger partial charge in [0.15, 0.2) is 0 Å². The molecule has 2 amide bonds. The Kier molecular flexibility index (Phi) is 4.49. The standard InChI is InChI=1S/C11H19N3O2/c1-3-4-9(12)11(16)13-8-5-6-10(15)14(2)7-8/h3,8-9H,1,4-7,12H2,2H3,(H,13,16). The van der Waals surface area contributed by atoms with Gasteiger partial charge in [0.1, 0.15) is 0 Å². The molecule has 1 saturated heterocycles. The van der Waals surface area contributed by atoms with Crippen molar-refractivity contribution in [3.8, 4) is 0 Å². The van der Waals surface area contributed by atoms with Gasteiger partial charge in [-0.05, 0) is 12.8 Å². The number of likely N-dealkylation sites (tertiary alicyclic amines) is 1. The zero-order valence-electron chi connectivity index (χ0n) is 9.61. The van der Waals surface area contributed by atoms with Crippen molar-refractivity contribution in [2.45, 2.75) is 31.3 Å². The van der Waals surface area contributed by atoms with Gasteiger partial charge in [-0.25, -0.2) is 0 Å². The van der Waals surface area contributed by atoms with E-state index in [-0.39, 0.29) is 17.9 Å². The number of likely N-dealkylation sites (N-methyl/N-ethyl adjacent to an activating group) is 1. The first-order valence-electron chi connectivity index (χ1n) is 5.45. The SMILES string of the molecule is C=CCC(N)C(=O)NC1CCC(=O)N(C)C1. The van der Waals surface area contributed by atoms with Crippen molar-refractivity contribution >= 4 is 11.8 Å². The summed E-state index contributed by atoms with van der Waals surface area (Å²) < 4.78 is 0. The van der Waals surface area contributed by atoms with E-state index in [1.165, 1.54) is 0 Å². The first-order chi connectivity index (χ1) is 7.54. The Labute approximate surface area is 95.7 Å². The predicted octanol–water partition coefficient (Wildman–Crippen LogP) is -0.373. The van der Waals surface area contributed by atoms with Crippen LogP contribution in [0, 0.1) is 0 Å². The first-order valence-corrected chi connectivity index (χ1v) is 5.45. The van der Waals surface area contributed by atoms with Crippen LogP contribution in [0.5, 0.6) is 0 Å². The Bertz CT molecular complexity index is 291. The topological polar surface area (TPSA) is 75.4 Å². The normalized spacial score (nSPS) is 22.8. The summed E-state index contributed by atoms with van der Waals surface area (Å²) in [7, 11) is 1.74. The maximum Gasteiger partial charge on any atom is 0.237 e. The second kappa shape index (κ2) is 5.65. The Hall–Kier alpha value is -1.36. The summed E-state index contributed by atoms with van der Waals surface area (Å²) in [4.78, 5) is 24.5. The van der Waals surface area contributed by atoms with Crippen molar-refractivity contribution in [1.29, 1.82) is 0 Å². The van der Waals surface area contributed by atoms with Gasteiger partial charge in [0.05, 0.1) is 6.04 Å². The van der Waals surface area contributed by atoms with E-state index >= 15 is 0 Å². The maximum absolute atomic E-state index is 11.6. The first kappa shape index (κ1) is 12.7. The summed E-state index contributed by atoms with van der Waals surface area (Å²) in [6.07, 6.45) is 3.27. The van der Waals surface area contributed by atoms with Gasteiger partial charge in [0.2, 0.25) is 11.8 Å². The van der Waals surface area contributed by atoms with Crippen LogP contribution in [0.2, 0.25) is 0 Å². The van der Waals surface area contributed by atoms with Crippen LogP contribution in [0.25, 0.3) is 0 Å². The monoisotopic (exact) mass is 225 g/mol. The van der Waals surface area contributed by atoms with Crippen molar-refractivity contribution in [3.63, 3.8) is 0 Å². The van der Waals surface area contributed by atoms with Crippen LogP contribution in [0.4, 0.5) is 0 Å². The van der Waals surface area contributed by atoms with Gasteiger partial charge < -0.3 is 16.0 Å². The molecule has 16 heavy (non-hydrogen) atoms. The Balaban J connectivity index is 2.40. The Morgan fingerprint density at radius 1 is 1.81 bits per heavy atom. The fourth-order valence-corrected chi connectivity index (χ4v) is 1.72. The van der Waals surface area contributed by atoms with Gasteiger partial charge in [-0.3, -0.25) is 9.59 Å². The van der Waals surface area contributed by atoms with Crippen LogP contribution in [0.3, 0.4) is 0 Å². The predicted molar refractivity (Wildman–Crippen MR) is 61.6 cm³/mol. The fourth-order valence-electron chi connectivity index (χ4n) is 1.72. The van der Waals surface area contributed by atoms with E-state index in [1.54, 1.807) is 18.0 Å². The van der Waals surface area contributed by atoms with Crippen molar-refractivity contribution in [2.75, 3.05) is 13.6 Å². The maximum atomic E-state index is 11.6. The van der Waals surface area contributed by atoms with Gasteiger partial charge in [-0.2, -0.15) is 0 Å². The number of nitrogens with one attached hydrogen (secondary N) is 1. The molecule has 3 N–H and O–H groups in total. The molecule has 0 bridgehead atoms. The van der Waals surface area contributed by atoms with E-state index in [0.29, 0.717) is 25.8 Å². The molecule has 5 nitrogen and oxygen atoms in total. The lowest BCUT2D eigenvalue weighted by Crippen LogP contribution is -2.52. The molecule has 0 aliphatic carbocycles. The summed E-state index contributed by atoms with van der Waals surface area (Å²) in [5.41, 5.74) is 5.64. The largest absolute Gasteiger partial charge is 0.350 e. The minimum absolute atomic E-state index is 0.0195. The van der Waals surface area contributed by atoms with E-state index in [2.05, 4.69) is 11.9 Å². The summed E-state index contributed by atoms with van der Waals surface area (Å²) in [6, 6.07) is -0.522. The molecule has 1 aliphatic heterocycles. The molecule has 1 heterocycles. The van der Waals surface area contributed by atoms with Crippen molar-refractivity contribution in [2.24, 2.45) is 5.73 Å². The summed E-state index contributed by atoms with van der Waals surface area (Å²) in [5, 5.41) is 2.85. The minimum Gasteiger partial charge on any atom is -0.350 e. The molecule has 5 heteroatoms. The summed E-state index contributed by atoms with van der Waals surface area (Å²) >= 11 is 0. The lowest BCUT2D eigenvalue weighted by Gasteiger charge is -2.30. The number of hydrogen-bond donors (Lipinski definition) is 2. The molecule has 2 unspecified atom stereocenters. The molecule has 0 aromatic rings. The number of hydrogen-bond acceptors (Lipinski definition) is 3. The van der Waals surface area contributed by atoms with Gasteiger partial charge in [0.25, 0.3) is 0 Å². The highest BCUT2D eigenvalue weighted by molar-refractivity contribution is 5.82. The number of nitrogens with two attached hydrogens (primary N) is 1. The van der Waals surface area contributed by atoms with Crippen LogP contribution in [0.15, 0.2) is 12.7 Å². The van der Waals surface area contributed by atoms with Crippen molar-refractivity contribution < 1.29 is 9.59 Å². The Morgan fingerprint density at radius 3 is 3.06 bits per heavy atom. The summed E-state index contributed by atoms with van der Waals surface area (Å²) in [5.74, 6) is -0.0477.